The number of carbonyl (C=O) groups excluding carboxylic acids is 1. The van der Waals surface area contributed by atoms with Crippen molar-refractivity contribution in [2.75, 3.05) is 6.54 Å². The van der Waals surface area contributed by atoms with Crippen LogP contribution in [0.3, 0.4) is 0 Å². The van der Waals surface area contributed by atoms with Gasteiger partial charge in [0.1, 0.15) is 5.82 Å². The number of hydrogen-bond acceptors (Lipinski definition) is 4. The van der Waals surface area contributed by atoms with Crippen molar-refractivity contribution in [2.45, 2.75) is 45.1 Å². The monoisotopic (exact) mass is 266 g/mol. The standard InChI is InChI=1S/C12H18N4O3/c1-7(2)10-13-11(15-14-10)12(19)16-5-3-4-8(16)6-9(17)18/h7-8H,3-6H2,1-2H3,(H,17,18)(H,13,14,15). The van der Waals surface area contributed by atoms with Gasteiger partial charge in [-0.05, 0) is 12.8 Å². The van der Waals surface area contributed by atoms with Crippen LogP contribution in [0.1, 0.15) is 55.5 Å². The highest BCUT2D eigenvalue weighted by Crippen LogP contribution is 2.22. The molecule has 1 saturated heterocycles. The van der Waals surface area contributed by atoms with Crippen molar-refractivity contribution in [1.82, 2.24) is 20.1 Å². The molecule has 0 bridgehead atoms. The predicted molar refractivity (Wildman–Crippen MR) is 66.8 cm³/mol. The molecule has 104 valence electrons. The molecule has 7 heteroatoms. The Morgan fingerprint density at radius 2 is 2.26 bits per heavy atom. The molecule has 1 amide bonds. The van der Waals surface area contributed by atoms with Gasteiger partial charge in [0.2, 0.25) is 5.82 Å². The third-order valence-corrected chi connectivity index (χ3v) is 3.29. The second kappa shape index (κ2) is 5.38. The molecule has 7 nitrogen and oxygen atoms in total. The minimum atomic E-state index is -0.887. The Hall–Kier alpha value is -1.92. The van der Waals surface area contributed by atoms with E-state index < -0.39 is 5.97 Å². The molecule has 0 radical (unpaired) electrons. The fourth-order valence-corrected chi connectivity index (χ4v) is 2.27. The van der Waals surface area contributed by atoms with Gasteiger partial charge < -0.3 is 10.0 Å². The number of likely N-dealkylation sites (tertiary alicyclic amines) is 1. The molecule has 0 spiro atoms. The predicted octanol–water partition coefficient (Wildman–Crippen LogP) is 1.01. The highest BCUT2D eigenvalue weighted by molar-refractivity contribution is 5.91. The number of carbonyl (C=O) groups is 2. The number of aromatic nitrogens is 3. The van der Waals surface area contributed by atoms with E-state index in [2.05, 4.69) is 15.2 Å². The minimum absolute atomic E-state index is 0.0206. The minimum Gasteiger partial charge on any atom is -0.481 e. The SMILES string of the molecule is CC(C)c1nc(C(=O)N2CCCC2CC(=O)O)n[nH]1. The van der Waals surface area contributed by atoms with Crippen molar-refractivity contribution in [2.24, 2.45) is 0 Å². The van der Waals surface area contributed by atoms with Crippen LogP contribution < -0.4 is 0 Å². The van der Waals surface area contributed by atoms with Crippen molar-refractivity contribution in [3.8, 4) is 0 Å². The smallest absolute Gasteiger partial charge is 0.305 e. The van der Waals surface area contributed by atoms with E-state index in [0.717, 1.165) is 12.8 Å². The largest absolute Gasteiger partial charge is 0.481 e. The Morgan fingerprint density at radius 1 is 1.53 bits per heavy atom. The summed E-state index contributed by atoms with van der Waals surface area (Å²) in [7, 11) is 0. The van der Waals surface area contributed by atoms with Crippen molar-refractivity contribution < 1.29 is 14.7 Å². The molecule has 1 aromatic rings. The number of carboxylic acid groups (broad SMARTS) is 1. The molecule has 1 aromatic heterocycles. The van der Waals surface area contributed by atoms with Crippen LogP contribution in [0.15, 0.2) is 0 Å². The van der Waals surface area contributed by atoms with Crippen molar-refractivity contribution in [3.05, 3.63) is 11.6 Å². The number of hydrogen-bond donors (Lipinski definition) is 2. The van der Waals surface area contributed by atoms with Gasteiger partial charge in [-0.1, -0.05) is 13.8 Å². The molecule has 2 N–H and O–H groups in total. The van der Waals surface area contributed by atoms with E-state index in [4.69, 9.17) is 5.11 Å². The summed E-state index contributed by atoms with van der Waals surface area (Å²) >= 11 is 0. The molecule has 2 heterocycles. The Balaban J connectivity index is 2.11. The number of aliphatic carboxylic acids is 1. The van der Waals surface area contributed by atoms with E-state index >= 15 is 0 Å². The van der Waals surface area contributed by atoms with Crippen molar-refractivity contribution in [1.29, 1.82) is 0 Å². The number of nitrogens with one attached hydrogen (secondary N) is 1. The lowest BCUT2D eigenvalue weighted by molar-refractivity contribution is -0.137. The van der Waals surface area contributed by atoms with Gasteiger partial charge in [0, 0.05) is 18.5 Å². The van der Waals surface area contributed by atoms with E-state index in [1.807, 2.05) is 13.8 Å². The maximum atomic E-state index is 12.3. The average molecular weight is 266 g/mol. The average Bonchev–Trinajstić information content (AvgIpc) is 2.95. The topological polar surface area (TPSA) is 99.2 Å². The van der Waals surface area contributed by atoms with Crippen molar-refractivity contribution >= 4 is 11.9 Å². The number of aromatic amines is 1. The van der Waals surface area contributed by atoms with Gasteiger partial charge in [0.05, 0.1) is 6.42 Å². The lowest BCUT2D eigenvalue weighted by Crippen LogP contribution is -2.37. The zero-order valence-electron chi connectivity index (χ0n) is 11.1. The molecular formula is C12H18N4O3. The first-order valence-electron chi connectivity index (χ1n) is 6.44. The maximum absolute atomic E-state index is 12.3. The third-order valence-electron chi connectivity index (χ3n) is 3.29. The van der Waals surface area contributed by atoms with Crippen LogP contribution >= 0.6 is 0 Å². The summed E-state index contributed by atoms with van der Waals surface area (Å²) in [6.07, 6.45) is 1.53. The Bertz CT molecular complexity index is 483. The fraction of sp³-hybridized carbons (Fsp3) is 0.667. The van der Waals surface area contributed by atoms with Gasteiger partial charge in [-0.15, -0.1) is 5.10 Å². The zero-order valence-corrected chi connectivity index (χ0v) is 11.1. The highest BCUT2D eigenvalue weighted by Gasteiger charge is 2.32. The Labute approximate surface area is 111 Å². The summed E-state index contributed by atoms with van der Waals surface area (Å²) in [5.41, 5.74) is 0. The molecule has 1 aliphatic rings. The molecule has 1 unspecified atom stereocenters. The first kappa shape index (κ1) is 13.5. The zero-order chi connectivity index (χ0) is 14.0. The van der Waals surface area contributed by atoms with E-state index in [0.29, 0.717) is 12.4 Å². The van der Waals surface area contributed by atoms with E-state index in [9.17, 15) is 9.59 Å². The molecule has 1 aliphatic heterocycles. The van der Waals surface area contributed by atoms with E-state index in [-0.39, 0.29) is 30.1 Å². The molecule has 1 fully saturated rings. The molecule has 0 saturated carbocycles. The van der Waals surface area contributed by atoms with Crippen LogP contribution in [0.25, 0.3) is 0 Å². The second-order valence-electron chi connectivity index (χ2n) is 5.09. The normalized spacial score (nSPS) is 19.1. The molecule has 19 heavy (non-hydrogen) atoms. The molecular weight excluding hydrogens is 248 g/mol. The van der Waals surface area contributed by atoms with E-state index in [1.165, 1.54) is 0 Å². The van der Waals surface area contributed by atoms with Gasteiger partial charge in [0.25, 0.3) is 5.91 Å². The van der Waals surface area contributed by atoms with Gasteiger partial charge >= 0.3 is 5.97 Å². The van der Waals surface area contributed by atoms with Gasteiger partial charge in [0.15, 0.2) is 0 Å². The Kier molecular flexibility index (Phi) is 3.82. The van der Waals surface area contributed by atoms with Crippen molar-refractivity contribution in [3.63, 3.8) is 0 Å². The van der Waals surface area contributed by atoms with Crippen LogP contribution in [0.4, 0.5) is 0 Å². The first-order chi connectivity index (χ1) is 8.99. The summed E-state index contributed by atoms with van der Waals surface area (Å²) < 4.78 is 0. The quantitative estimate of drug-likeness (QED) is 0.847. The first-order valence-corrected chi connectivity index (χ1v) is 6.44. The fourth-order valence-electron chi connectivity index (χ4n) is 2.27. The van der Waals surface area contributed by atoms with Gasteiger partial charge in [-0.3, -0.25) is 14.7 Å². The second-order valence-corrected chi connectivity index (χ2v) is 5.09. The maximum Gasteiger partial charge on any atom is 0.305 e. The molecule has 1 atom stereocenters. The van der Waals surface area contributed by atoms with Crippen LogP contribution in [0.5, 0.6) is 0 Å². The summed E-state index contributed by atoms with van der Waals surface area (Å²) in [4.78, 5) is 28.8. The van der Waals surface area contributed by atoms with Crippen LogP contribution in [0, 0.1) is 0 Å². The lowest BCUT2D eigenvalue weighted by atomic mass is 10.1. The number of rotatable bonds is 4. The highest BCUT2D eigenvalue weighted by atomic mass is 16.4. The lowest BCUT2D eigenvalue weighted by Gasteiger charge is -2.21. The number of carboxylic acids is 1. The number of nitrogens with zero attached hydrogens (tertiary/aromatic N) is 3. The van der Waals surface area contributed by atoms with Gasteiger partial charge in [-0.2, -0.15) is 0 Å². The number of H-pyrrole nitrogens is 1. The van der Waals surface area contributed by atoms with Gasteiger partial charge in [-0.25, -0.2) is 4.98 Å². The summed E-state index contributed by atoms with van der Waals surface area (Å²) in [6.45, 7) is 4.48. The summed E-state index contributed by atoms with van der Waals surface area (Å²) in [5.74, 6) is -0.213. The molecule has 2 rings (SSSR count). The summed E-state index contributed by atoms with van der Waals surface area (Å²) in [6, 6.07) is -0.244. The van der Waals surface area contributed by atoms with Crippen LogP contribution in [-0.2, 0) is 4.79 Å². The molecule has 0 aliphatic carbocycles. The summed E-state index contributed by atoms with van der Waals surface area (Å²) in [5, 5.41) is 15.5. The number of amides is 1. The Morgan fingerprint density at radius 3 is 2.84 bits per heavy atom. The third kappa shape index (κ3) is 2.91. The van der Waals surface area contributed by atoms with Crippen LogP contribution in [0.2, 0.25) is 0 Å². The van der Waals surface area contributed by atoms with E-state index in [1.54, 1.807) is 4.90 Å². The van der Waals surface area contributed by atoms with Crippen LogP contribution in [-0.4, -0.2) is 49.7 Å². The molecule has 0 aromatic carbocycles.